The van der Waals surface area contributed by atoms with Crippen LogP contribution < -0.4 is 17.0 Å². The number of hydrogen-bond donors (Lipinski definition) is 3. The molecule has 0 atom stereocenters. The second-order valence-electron chi connectivity index (χ2n) is 4.19. The molecule has 0 fully saturated rings. The molecular formula is C12H11N5O2S. The van der Waals surface area contributed by atoms with Crippen LogP contribution >= 0.6 is 11.8 Å². The van der Waals surface area contributed by atoms with Gasteiger partial charge in [-0.15, -0.1) is 0 Å². The van der Waals surface area contributed by atoms with Crippen molar-refractivity contribution < 1.29 is 0 Å². The van der Waals surface area contributed by atoms with Crippen LogP contribution in [0.4, 0.5) is 5.82 Å². The van der Waals surface area contributed by atoms with E-state index in [-0.39, 0.29) is 10.7 Å². The lowest BCUT2D eigenvalue weighted by Crippen LogP contribution is -2.31. The number of aromatic amines is 2. The molecule has 4 N–H and O–H groups in total. The van der Waals surface area contributed by atoms with Crippen molar-refractivity contribution in [3.05, 3.63) is 45.1 Å². The molecule has 20 heavy (non-hydrogen) atoms. The van der Waals surface area contributed by atoms with E-state index in [2.05, 4.69) is 15.0 Å². The van der Waals surface area contributed by atoms with Gasteiger partial charge in [0.25, 0.3) is 5.56 Å². The van der Waals surface area contributed by atoms with E-state index in [0.29, 0.717) is 5.16 Å². The van der Waals surface area contributed by atoms with E-state index in [0.717, 1.165) is 22.8 Å². The Kier molecular flexibility index (Phi) is 2.87. The standard InChI is InChI=1S/C12H11N5O2S/c1-17-9(13)8(10(18)16-12(17)19)20-11-14-6-4-2-3-5-7(6)15-11/h2-5H,13H2,1H3,(H,14,15)(H,16,18,19). The number of hydrogen-bond acceptors (Lipinski definition) is 5. The summed E-state index contributed by atoms with van der Waals surface area (Å²) in [4.78, 5) is 33.1. The summed E-state index contributed by atoms with van der Waals surface area (Å²) in [7, 11) is 1.50. The number of aromatic nitrogens is 4. The highest BCUT2D eigenvalue weighted by Gasteiger charge is 2.13. The third kappa shape index (κ3) is 1.99. The third-order valence-corrected chi connectivity index (χ3v) is 3.88. The van der Waals surface area contributed by atoms with Gasteiger partial charge in [-0.1, -0.05) is 12.1 Å². The molecule has 8 heteroatoms. The van der Waals surface area contributed by atoms with Crippen LogP contribution in [0.2, 0.25) is 0 Å². The van der Waals surface area contributed by atoms with Gasteiger partial charge in [-0.2, -0.15) is 0 Å². The lowest BCUT2D eigenvalue weighted by atomic mass is 10.3. The molecule has 0 amide bonds. The van der Waals surface area contributed by atoms with Gasteiger partial charge in [-0.3, -0.25) is 14.3 Å². The first-order chi connectivity index (χ1) is 9.56. The number of nitrogens with one attached hydrogen (secondary N) is 2. The predicted octanol–water partition coefficient (Wildman–Crippen LogP) is 0.683. The third-order valence-electron chi connectivity index (χ3n) is 2.89. The Labute approximate surface area is 116 Å². The molecule has 0 aliphatic heterocycles. The van der Waals surface area contributed by atoms with Crippen molar-refractivity contribution in [1.82, 2.24) is 19.5 Å². The first kappa shape index (κ1) is 12.5. The van der Waals surface area contributed by atoms with Crippen LogP contribution in [0.15, 0.2) is 43.9 Å². The summed E-state index contributed by atoms with van der Waals surface area (Å²) in [5, 5.41) is 0.544. The maximum atomic E-state index is 11.8. The van der Waals surface area contributed by atoms with Crippen LogP contribution in [0.3, 0.4) is 0 Å². The number of benzene rings is 1. The van der Waals surface area contributed by atoms with Gasteiger partial charge in [0.2, 0.25) is 0 Å². The summed E-state index contributed by atoms with van der Waals surface area (Å²) in [5.74, 6) is 0.115. The zero-order valence-corrected chi connectivity index (χ0v) is 11.3. The highest BCUT2D eigenvalue weighted by molar-refractivity contribution is 7.99. The first-order valence-electron chi connectivity index (χ1n) is 5.77. The smallest absolute Gasteiger partial charge is 0.329 e. The fourth-order valence-electron chi connectivity index (χ4n) is 1.79. The molecule has 102 valence electrons. The summed E-state index contributed by atoms with van der Waals surface area (Å²) in [6, 6.07) is 7.53. The van der Waals surface area contributed by atoms with E-state index in [1.165, 1.54) is 11.6 Å². The molecule has 3 rings (SSSR count). The second-order valence-corrected chi connectivity index (χ2v) is 5.19. The number of nitrogen functional groups attached to an aromatic ring is 1. The van der Waals surface area contributed by atoms with Gasteiger partial charge in [-0.25, -0.2) is 9.78 Å². The SMILES string of the molecule is Cn1c(N)c(Sc2nc3ccccc3[nH]2)c(=O)[nH]c1=O. The average molecular weight is 289 g/mol. The van der Waals surface area contributed by atoms with Crippen molar-refractivity contribution >= 4 is 28.6 Å². The monoisotopic (exact) mass is 289 g/mol. The van der Waals surface area contributed by atoms with Gasteiger partial charge < -0.3 is 10.7 Å². The molecule has 0 bridgehead atoms. The normalized spacial score (nSPS) is 11.1. The lowest BCUT2D eigenvalue weighted by Gasteiger charge is -2.06. The Morgan fingerprint density at radius 1 is 1.25 bits per heavy atom. The molecule has 0 saturated carbocycles. The number of nitrogens with two attached hydrogens (primary N) is 1. The highest BCUT2D eigenvalue weighted by atomic mass is 32.2. The minimum Gasteiger partial charge on any atom is -0.384 e. The first-order valence-corrected chi connectivity index (χ1v) is 6.59. The average Bonchev–Trinajstić information content (AvgIpc) is 2.83. The van der Waals surface area contributed by atoms with Crippen LogP contribution in [0, 0.1) is 0 Å². The maximum Gasteiger partial charge on any atom is 0.329 e. The minimum atomic E-state index is -0.540. The Bertz CT molecular complexity index is 875. The van der Waals surface area contributed by atoms with Crippen LogP contribution in [0.1, 0.15) is 0 Å². The largest absolute Gasteiger partial charge is 0.384 e. The van der Waals surface area contributed by atoms with Crippen LogP contribution in [0.5, 0.6) is 0 Å². The molecule has 1 aromatic carbocycles. The Morgan fingerprint density at radius 3 is 2.75 bits per heavy atom. The number of H-pyrrole nitrogens is 2. The van der Waals surface area contributed by atoms with E-state index in [9.17, 15) is 9.59 Å². The molecule has 0 aliphatic rings. The van der Waals surface area contributed by atoms with E-state index >= 15 is 0 Å². The van der Waals surface area contributed by atoms with Gasteiger partial charge in [0, 0.05) is 7.05 Å². The van der Waals surface area contributed by atoms with Gasteiger partial charge in [-0.05, 0) is 23.9 Å². The van der Waals surface area contributed by atoms with Crippen molar-refractivity contribution in [2.24, 2.45) is 7.05 Å². The fourth-order valence-corrected chi connectivity index (χ4v) is 2.67. The van der Waals surface area contributed by atoms with Crippen molar-refractivity contribution in [3.63, 3.8) is 0 Å². The van der Waals surface area contributed by atoms with Crippen molar-refractivity contribution in [1.29, 1.82) is 0 Å². The Morgan fingerprint density at radius 2 is 2.00 bits per heavy atom. The van der Waals surface area contributed by atoms with Crippen LogP contribution in [0.25, 0.3) is 11.0 Å². The Hall–Kier alpha value is -2.48. The summed E-state index contributed by atoms with van der Waals surface area (Å²) < 4.78 is 1.19. The topological polar surface area (TPSA) is 110 Å². The predicted molar refractivity (Wildman–Crippen MR) is 76.9 cm³/mol. The summed E-state index contributed by atoms with van der Waals surface area (Å²) in [5.41, 5.74) is 6.42. The Balaban J connectivity index is 2.09. The van der Waals surface area contributed by atoms with Crippen molar-refractivity contribution in [2.45, 2.75) is 10.1 Å². The number of imidazole rings is 1. The maximum absolute atomic E-state index is 11.8. The number of para-hydroxylation sites is 2. The van der Waals surface area contributed by atoms with Crippen molar-refractivity contribution in [2.75, 3.05) is 5.73 Å². The zero-order chi connectivity index (χ0) is 14.3. The number of nitrogens with zero attached hydrogens (tertiary/aromatic N) is 2. The molecule has 0 aliphatic carbocycles. The minimum absolute atomic E-state index is 0.115. The fraction of sp³-hybridized carbons (Fsp3) is 0.0833. The summed E-state index contributed by atoms with van der Waals surface area (Å²) in [6.45, 7) is 0. The van der Waals surface area contributed by atoms with E-state index in [1.54, 1.807) is 0 Å². The highest BCUT2D eigenvalue weighted by Crippen LogP contribution is 2.27. The second kappa shape index (κ2) is 4.57. The summed E-state index contributed by atoms with van der Waals surface area (Å²) in [6.07, 6.45) is 0. The van der Waals surface area contributed by atoms with Gasteiger partial charge in [0.15, 0.2) is 5.16 Å². The molecule has 3 aromatic rings. The van der Waals surface area contributed by atoms with Crippen LogP contribution in [-0.2, 0) is 7.05 Å². The van der Waals surface area contributed by atoms with Crippen molar-refractivity contribution in [3.8, 4) is 0 Å². The van der Waals surface area contributed by atoms with Crippen LogP contribution in [-0.4, -0.2) is 19.5 Å². The molecule has 0 spiro atoms. The van der Waals surface area contributed by atoms with Gasteiger partial charge in [0.05, 0.1) is 11.0 Å². The van der Waals surface area contributed by atoms with E-state index in [1.807, 2.05) is 24.3 Å². The molecule has 2 aromatic heterocycles. The molecule has 0 radical (unpaired) electrons. The van der Waals surface area contributed by atoms with E-state index in [4.69, 9.17) is 5.73 Å². The quantitative estimate of drug-likeness (QED) is 0.643. The zero-order valence-electron chi connectivity index (χ0n) is 10.5. The number of anilines is 1. The molecule has 0 saturated heterocycles. The lowest BCUT2D eigenvalue weighted by molar-refractivity contribution is 0.787. The molecular weight excluding hydrogens is 278 g/mol. The molecule has 0 unspecified atom stereocenters. The van der Waals surface area contributed by atoms with E-state index < -0.39 is 11.2 Å². The van der Waals surface area contributed by atoms with Gasteiger partial charge >= 0.3 is 5.69 Å². The van der Waals surface area contributed by atoms with Gasteiger partial charge in [0.1, 0.15) is 10.7 Å². The molecule has 7 nitrogen and oxygen atoms in total. The molecule has 2 heterocycles. The summed E-state index contributed by atoms with van der Waals surface area (Å²) >= 11 is 1.09. The number of rotatable bonds is 2. The number of fused-ring (bicyclic) bond motifs is 1.